The van der Waals surface area contributed by atoms with Gasteiger partial charge < -0.3 is 5.73 Å². The van der Waals surface area contributed by atoms with Gasteiger partial charge in [0.1, 0.15) is 0 Å². The van der Waals surface area contributed by atoms with Crippen LogP contribution in [0.25, 0.3) is 0 Å². The van der Waals surface area contributed by atoms with E-state index in [1.807, 2.05) is 30.3 Å². The van der Waals surface area contributed by atoms with Crippen LogP contribution in [0.3, 0.4) is 0 Å². The zero-order valence-electron chi connectivity index (χ0n) is 8.86. The Morgan fingerprint density at radius 2 is 1.81 bits per heavy atom. The highest BCUT2D eigenvalue weighted by Crippen LogP contribution is 2.20. The number of rotatable bonds is 3. The molecule has 0 bridgehead atoms. The van der Waals surface area contributed by atoms with Crippen LogP contribution in [0, 0.1) is 0 Å². The molecule has 0 atom stereocenters. The summed E-state index contributed by atoms with van der Waals surface area (Å²) in [5.41, 5.74) is 8.93. The van der Waals surface area contributed by atoms with Crippen molar-refractivity contribution >= 4 is 11.6 Å². The van der Waals surface area contributed by atoms with Crippen LogP contribution in [-0.4, -0.2) is 4.98 Å². The van der Waals surface area contributed by atoms with Crippen LogP contribution in [0.15, 0.2) is 42.7 Å². The smallest absolute Gasteiger partial charge is 0.0444 e. The maximum atomic E-state index is 6.19. The third-order valence-electron chi connectivity index (χ3n) is 2.50. The van der Waals surface area contributed by atoms with Crippen molar-refractivity contribution in [3.8, 4) is 0 Å². The molecule has 82 valence electrons. The van der Waals surface area contributed by atoms with Crippen LogP contribution in [0.1, 0.15) is 16.7 Å². The van der Waals surface area contributed by atoms with Crippen molar-refractivity contribution in [2.75, 3.05) is 0 Å². The number of hydrogen-bond donors (Lipinski definition) is 1. The summed E-state index contributed by atoms with van der Waals surface area (Å²) in [5, 5.41) is 0.778. The molecule has 2 N–H and O–H groups in total. The Balaban J connectivity index is 2.22. The minimum atomic E-state index is 0.523. The molecule has 0 spiro atoms. The van der Waals surface area contributed by atoms with Gasteiger partial charge in [-0.25, -0.2) is 0 Å². The van der Waals surface area contributed by atoms with Crippen molar-refractivity contribution in [3.05, 3.63) is 64.4 Å². The van der Waals surface area contributed by atoms with Crippen LogP contribution in [0.4, 0.5) is 0 Å². The molecule has 0 unspecified atom stereocenters. The summed E-state index contributed by atoms with van der Waals surface area (Å²) in [4.78, 5) is 3.99. The third-order valence-corrected chi connectivity index (χ3v) is 2.85. The Hall–Kier alpha value is -1.38. The molecule has 0 amide bonds. The highest BCUT2D eigenvalue weighted by molar-refractivity contribution is 6.31. The fraction of sp³-hybridized carbons (Fsp3) is 0.154. The molecular formula is C13H13ClN2. The first-order chi connectivity index (χ1) is 7.79. The number of benzene rings is 1. The van der Waals surface area contributed by atoms with Gasteiger partial charge in [0.05, 0.1) is 0 Å². The molecule has 0 aliphatic heterocycles. The largest absolute Gasteiger partial charge is 0.326 e. The molecule has 3 heteroatoms. The van der Waals surface area contributed by atoms with Gasteiger partial charge in [-0.3, -0.25) is 4.98 Å². The lowest BCUT2D eigenvalue weighted by atomic mass is 10.0. The summed E-state index contributed by atoms with van der Waals surface area (Å²) < 4.78 is 0. The van der Waals surface area contributed by atoms with E-state index in [1.165, 1.54) is 5.56 Å². The van der Waals surface area contributed by atoms with Crippen molar-refractivity contribution < 1.29 is 0 Å². The fourth-order valence-corrected chi connectivity index (χ4v) is 1.85. The van der Waals surface area contributed by atoms with Crippen LogP contribution >= 0.6 is 11.6 Å². The van der Waals surface area contributed by atoms with E-state index in [0.717, 1.165) is 22.6 Å². The summed E-state index contributed by atoms with van der Waals surface area (Å²) in [7, 11) is 0. The Bertz CT molecular complexity index is 469. The molecule has 1 heterocycles. The number of pyridine rings is 1. The van der Waals surface area contributed by atoms with Gasteiger partial charge in [-0.2, -0.15) is 0 Å². The predicted octanol–water partition coefficient (Wildman–Crippen LogP) is 2.78. The SMILES string of the molecule is NCc1ccc(Cc2ccncc2)c(Cl)c1. The highest BCUT2D eigenvalue weighted by atomic mass is 35.5. The number of nitrogens with two attached hydrogens (primary N) is 1. The van der Waals surface area contributed by atoms with Gasteiger partial charge in [-0.05, 0) is 41.3 Å². The van der Waals surface area contributed by atoms with Crippen molar-refractivity contribution in [1.82, 2.24) is 4.98 Å². The highest BCUT2D eigenvalue weighted by Gasteiger charge is 2.02. The second kappa shape index (κ2) is 5.10. The molecule has 16 heavy (non-hydrogen) atoms. The molecule has 0 aliphatic rings. The van der Waals surface area contributed by atoms with Crippen molar-refractivity contribution in [3.63, 3.8) is 0 Å². The summed E-state index contributed by atoms with van der Waals surface area (Å²) in [6.07, 6.45) is 4.40. The quantitative estimate of drug-likeness (QED) is 0.884. The number of halogens is 1. The van der Waals surface area contributed by atoms with Crippen molar-refractivity contribution in [1.29, 1.82) is 0 Å². The van der Waals surface area contributed by atoms with E-state index in [9.17, 15) is 0 Å². The van der Waals surface area contributed by atoms with E-state index in [1.54, 1.807) is 12.4 Å². The summed E-state index contributed by atoms with van der Waals surface area (Å²) in [6.45, 7) is 0.523. The lowest BCUT2D eigenvalue weighted by Crippen LogP contribution is -1.97. The lowest BCUT2D eigenvalue weighted by Gasteiger charge is -2.06. The Labute approximate surface area is 100 Å². The standard InChI is InChI=1S/C13H13ClN2/c14-13-8-11(9-15)1-2-12(13)7-10-3-5-16-6-4-10/h1-6,8H,7,9,15H2. The molecule has 0 saturated carbocycles. The topological polar surface area (TPSA) is 38.9 Å². The van der Waals surface area contributed by atoms with E-state index in [0.29, 0.717) is 6.54 Å². The summed E-state index contributed by atoms with van der Waals surface area (Å²) in [6, 6.07) is 9.96. The minimum Gasteiger partial charge on any atom is -0.326 e. The monoisotopic (exact) mass is 232 g/mol. The number of nitrogens with zero attached hydrogens (tertiary/aromatic N) is 1. The van der Waals surface area contributed by atoms with Crippen molar-refractivity contribution in [2.24, 2.45) is 5.73 Å². The van der Waals surface area contributed by atoms with E-state index < -0.39 is 0 Å². The molecule has 0 fully saturated rings. The third kappa shape index (κ3) is 2.60. The van der Waals surface area contributed by atoms with Gasteiger partial charge in [0.2, 0.25) is 0 Å². The van der Waals surface area contributed by atoms with Gasteiger partial charge >= 0.3 is 0 Å². The van der Waals surface area contributed by atoms with Crippen molar-refractivity contribution in [2.45, 2.75) is 13.0 Å². The van der Waals surface area contributed by atoms with Crippen LogP contribution in [0.5, 0.6) is 0 Å². The summed E-state index contributed by atoms with van der Waals surface area (Å²) in [5.74, 6) is 0. The Morgan fingerprint density at radius 1 is 1.06 bits per heavy atom. The predicted molar refractivity (Wildman–Crippen MR) is 66.4 cm³/mol. The minimum absolute atomic E-state index is 0.523. The average Bonchev–Trinajstić information content (AvgIpc) is 2.33. The van der Waals surface area contributed by atoms with Gasteiger partial charge in [-0.1, -0.05) is 23.7 Å². The van der Waals surface area contributed by atoms with E-state index in [-0.39, 0.29) is 0 Å². The molecular weight excluding hydrogens is 220 g/mol. The molecule has 0 radical (unpaired) electrons. The molecule has 0 saturated heterocycles. The second-order valence-electron chi connectivity index (χ2n) is 3.66. The first-order valence-corrected chi connectivity index (χ1v) is 5.53. The fourth-order valence-electron chi connectivity index (χ4n) is 1.58. The number of aromatic nitrogens is 1. The Kier molecular flexibility index (Phi) is 3.54. The maximum Gasteiger partial charge on any atom is 0.0444 e. The molecule has 2 nitrogen and oxygen atoms in total. The molecule has 1 aromatic carbocycles. The van der Waals surface area contributed by atoms with Gasteiger partial charge in [0.15, 0.2) is 0 Å². The molecule has 0 aliphatic carbocycles. The van der Waals surface area contributed by atoms with Crippen LogP contribution in [0.2, 0.25) is 5.02 Å². The average molecular weight is 233 g/mol. The molecule has 2 aromatic rings. The normalized spacial score (nSPS) is 10.4. The molecule has 1 aromatic heterocycles. The number of hydrogen-bond acceptors (Lipinski definition) is 2. The van der Waals surface area contributed by atoms with Gasteiger partial charge in [-0.15, -0.1) is 0 Å². The maximum absolute atomic E-state index is 6.19. The zero-order valence-corrected chi connectivity index (χ0v) is 9.61. The second-order valence-corrected chi connectivity index (χ2v) is 4.07. The van der Waals surface area contributed by atoms with Gasteiger partial charge in [0, 0.05) is 24.0 Å². The van der Waals surface area contributed by atoms with Gasteiger partial charge in [0.25, 0.3) is 0 Å². The first kappa shape index (κ1) is 11.1. The van der Waals surface area contributed by atoms with Crippen LogP contribution in [-0.2, 0) is 13.0 Å². The van der Waals surface area contributed by atoms with E-state index in [2.05, 4.69) is 4.98 Å². The Morgan fingerprint density at radius 3 is 2.44 bits per heavy atom. The first-order valence-electron chi connectivity index (χ1n) is 5.16. The zero-order chi connectivity index (χ0) is 11.4. The van der Waals surface area contributed by atoms with E-state index >= 15 is 0 Å². The summed E-state index contributed by atoms with van der Waals surface area (Å²) >= 11 is 6.19. The molecule has 2 rings (SSSR count). The van der Waals surface area contributed by atoms with E-state index in [4.69, 9.17) is 17.3 Å². The lowest BCUT2D eigenvalue weighted by molar-refractivity contribution is 1.06. The van der Waals surface area contributed by atoms with Crippen LogP contribution < -0.4 is 5.73 Å².